The fraction of sp³-hybridized carbons (Fsp3) is 0.850. The van der Waals surface area contributed by atoms with Gasteiger partial charge in [0.2, 0.25) is 5.28 Å². The maximum Gasteiger partial charge on any atom is 0.308 e. The largest absolute Gasteiger partial charge is 0.481 e. The molecule has 12 atom stereocenters. The molecule has 9 nitrogen and oxygen atoms in total. The summed E-state index contributed by atoms with van der Waals surface area (Å²) in [5.41, 5.74) is -1.92. The van der Waals surface area contributed by atoms with Gasteiger partial charge >= 0.3 is 5.97 Å². The molecule has 0 radical (unpaired) electrons. The predicted octanol–water partition coefficient (Wildman–Crippen LogP) is 7.60. The molecular weight excluding hydrogens is 652 g/mol. The fourth-order valence-corrected chi connectivity index (χ4v) is 12.6. The summed E-state index contributed by atoms with van der Waals surface area (Å²) in [4.78, 5) is 35.1. The van der Waals surface area contributed by atoms with E-state index in [2.05, 4.69) is 91.4 Å². The molecule has 50 heavy (non-hydrogen) atoms. The third-order valence-electron chi connectivity index (χ3n) is 16.6. The fourth-order valence-electron chi connectivity index (χ4n) is 12.4. The van der Waals surface area contributed by atoms with E-state index in [0.717, 1.165) is 31.3 Å². The van der Waals surface area contributed by atoms with E-state index in [1.54, 1.807) is 0 Å². The van der Waals surface area contributed by atoms with E-state index >= 15 is 4.79 Å². The summed E-state index contributed by atoms with van der Waals surface area (Å²) < 4.78 is 15.7. The lowest BCUT2D eigenvalue weighted by Gasteiger charge is -2.70. The van der Waals surface area contributed by atoms with Crippen LogP contribution in [0.5, 0.6) is 0 Å². The van der Waals surface area contributed by atoms with Gasteiger partial charge in [-0.25, -0.2) is 9.67 Å². The van der Waals surface area contributed by atoms with Crippen LogP contribution in [0, 0.1) is 62.6 Å². The van der Waals surface area contributed by atoms with E-state index in [0.29, 0.717) is 43.4 Å². The number of nitrogens with zero attached hydrogens (tertiary/aromatic N) is 4. The summed E-state index contributed by atoms with van der Waals surface area (Å²) in [5.74, 6) is -0.570. The average molecular weight is 715 g/mol. The Morgan fingerprint density at radius 3 is 2.38 bits per heavy atom. The number of likely N-dealkylation sites (N-methyl/N-ethyl adjacent to an activating group) is 1. The summed E-state index contributed by atoms with van der Waals surface area (Å²) in [6, 6.07) is -0.224. The van der Waals surface area contributed by atoms with Gasteiger partial charge in [-0.3, -0.25) is 9.59 Å². The average Bonchev–Trinajstić information content (AvgIpc) is 3.46. The first-order chi connectivity index (χ1) is 23.2. The third-order valence-corrected chi connectivity index (χ3v) is 16.9. The Hall–Kier alpha value is -1.81. The molecule has 5 aliphatic rings. The first-order valence-electron chi connectivity index (χ1n) is 19.1. The maximum atomic E-state index is 15.0. The minimum Gasteiger partial charge on any atom is -0.481 e. The first kappa shape index (κ1) is 37.9. The van der Waals surface area contributed by atoms with Crippen LogP contribution < -0.4 is 0 Å². The Morgan fingerprint density at radius 2 is 1.82 bits per heavy atom. The number of carbonyl (C=O) groups is 2. The summed E-state index contributed by atoms with van der Waals surface area (Å²) in [6.45, 7) is 23.5. The number of ketones is 1. The zero-order chi connectivity index (χ0) is 37.0. The summed E-state index contributed by atoms with van der Waals surface area (Å²) in [6.07, 6.45) is 7.32. The van der Waals surface area contributed by atoms with Crippen LogP contribution in [0.2, 0.25) is 5.28 Å². The van der Waals surface area contributed by atoms with Crippen LogP contribution in [0.3, 0.4) is 0 Å². The summed E-state index contributed by atoms with van der Waals surface area (Å²) >= 11 is 6.79. The highest BCUT2D eigenvalue weighted by Crippen LogP contribution is 2.75. The molecule has 2 bridgehead atoms. The van der Waals surface area contributed by atoms with E-state index in [1.807, 2.05) is 17.7 Å². The SMILES string of the molecule is CC(C)[C@@H](C)[C@@]1(C)CC[C@]2(C)[C@H]3CC[C@@H]4C5(COC[C@]4(C)[C@@H](OC[C@](C)(C(C)C)N(C)C)[C@H](n4ncnc4Cl)C5)C3=CC(=O)[C@@]2(C)[C@@H]1C(=O)O. The number of halogens is 1. The van der Waals surface area contributed by atoms with Crippen LogP contribution in [0.4, 0.5) is 0 Å². The molecule has 6 rings (SSSR count). The predicted molar refractivity (Wildman–Crippen MR) is 195 cm³/mol. The van der Waals surface area contributed by atoms with Gasteiger partial charge in [0.15, 0.2) is 5.78 Å². The number of carboxylic acids is 1. The highest BCUT2D eigenvalue weighted by Gasteiger charge is 2.74. The van der Waals surface area contributed by atoms with Crippen molar-refractivity contribution in [2.24, 2.45) is 62.6 Å². The van der Waals surface area contributed by atoms with Gasteiger partial charge in [-0.15, -0.1) is 0 Å². The monoisotopic (exact) mass is 714 g/mol. The van der Waals surface area contributed by atoms with Gasteiger partial charge < -0.3 is 19.5 Å². The molecule has 0 spiro atoms. The van der Waals surface area contributed by atoms with Crippen LogP contribution in [-0.4, -0.2) is 82.1 Å². The standard InChI is InChI=1S/C40H63ClN4O5/c1-23(2)25(5)35(6)15-16-37(8)26-13-14-29-36(7)19-49-21-40(29,27(26)17-30(46)39(37,10)31(35)33(47)48)18-28(45-34(41)42-22-43-45)32(36)50-20-38(9,24(3)4)44(11)12/h17,22-26,28-29,31-32H,13-16,18-21H2,1-12H3,(H,47,48)/t25-,26+,28-,29+,31-,32+,35-,36+,37-,38-,39+,40?/m1/s1. The first-order valence-corrected chi connectivity index (χ1v) is 19.5. The van der Waals surface area contributed by atoms with Gasteiger partial charge in [0.05, 0.1) is 37.9 Å². The third kappa shape index (κ3) is 4.94. The van der Waals surface area contributed by atoms with Gasteiger partial charge in [-0.05, 0) is 111 Å². The lowest BCUT2D eigenvalue weighted by atomic mass is 9.34. The van der Waals surface area contributed by atoms with Crippen molar-refractivity contribution in [1.82, 2.24) is 19.7 Å². The van der Waals surface area contributed by atoms with Crippen LogP contribution in [0.1, 0.15) is 107 Å². The zero-order valence-electron chi connectivity index (χ0n) is 32.7. The molecule has 1 aliphatic heterocycles. The van der Waals surface area contributed by atoms with E-state index in [9.17, 15) is 9.90 Å². The minimum atomic E-state index is -1.03. The Labute approximate surface area is 305 Å². The van der Waals surface area contributed by atoms with Crippen molar-refractivity contribution < 1.29 is 24.2 Å². The molecule has 1 aromatic rings. The van der Waals surface area contributed by atoms with Crippen molar-refractivity contribution in [2.75, 3.05) is 33.9 Å². The van der Waals surface area contributed by atoms with Gasteiger partial charge in [0.1, 0.15) is 6.33 Å². The van der Waals surface area contributed by atoms with Crippen LogP contribution in [0.25, 0.3) is 0 Å². The molecular formula is C40H63ClN4O5. The van der Waals surface area contributed by atoms with Crippen molar-refractivity contribution in [2.45, 2.75) is 119 Å². The van der Waals surface area contributed by atoms with E-state index in [-0.39, 0.29) is 41.2 Å². The van der Waals surface area contributed by atoms with Gasteiger partial charge in [-0.1, -0.05) is 67.9 Å². The van der Waals surface area contributed by atoms with Gasteiger partial charge in [0, 0.05) is 21.8 Å². The number of hydrogen-bond donors (Lipinski definition) is 1. The Bertz CT molecular complexity index is 1530. The quantitative estimate of drug-likeness (QED) is 0.279. The van der Waals surface area contributed by atoms with Crippen molar-refractivity contribution in [3.05, 3.63) is 23.3 Å². The van der Waals surface area contributed by atoms with E-state index in [4.69, 9.17) is 21.1 Å². The van der Waals surface area contributed by atoms with E-state index < -0.39 is 39.0 Å². The molecule has 3 saturated carbocycles. The van der Waals surface area contributed by atoms with Crippen molar-refractivity contribution >= 4 is 23.4 Å². The topological polar surface area (TPSA) is 107 Å². The molecule has 1 N–H and O–H groups in total. The van der Waals surface area contributed by atoms with Crippen LogP contribution in [0.15, 0.2) is 18.0 Å². The highest BCUT2D eigenvalue weighted by atomic mass is 35.5. The number of carboxylic acid groups (broad SMARTS) is 1. The highest BCUT2D eigenvalue weighted by molar-refractivity contribution is 6.28. The molecule has 280 valence electrons. The second-order valence-electron chi connectivity index (χ2n) is 19.1. The van der Waals surface area contributed by atoms with Gasteiger partial charge in [0.25, 0.3) is 0 Å². The number of fused-ring (bicyclic) bond motifs is 3. The molecule has 2 heterocycles. The Kier molecular flexibility index (Phi) is 9.39. The number of carbonyl (C=O) groups excluding carboxylic acids is 1. The molecule has 1 unspecified atom stereocenters. The van der Waals surface area contributed by atoms with Crippen LogP contribution in [-0.2, 0) is 19.1 Å². The lowest BCUT2D eigenvalue weighted by Crippen LogP contribution is -2.70. The molecule has 4 fully saturated rings. The van der Waals surface area contributed by atoms with Crippen molar-refractivity contribution in [3.8, 4) is 0 Å². The summed E-state index contributed by atoms with van der Waals surface area (Å²) in [5, 5.41) is 16.0. The minimum absolute atomic E-state index is 0.0322. The van der Waals surface area contributed by atoms with E-state index in [1.165, 1.54) is 6.33 Å². The number of aliphatic carboxylic acids is 1. The Balaban J connectivity index is 1.48. The normalized spacial score (nSPS) is 43.2. The van der Waals surface area contributed by atoms with Crippen LogP contribution >= 0.6 is 11.6 Å². The molecule has 10 heteroatoms. The van der Waals surface area contributed by atoms with Crippen molar-refractivity contribution in [1.29, 1.82) is 0 Å². The summed E-state index contributed by atoms with van der Waals surface area (Å²) in [7, 11) is 4.22. The molecule has 1 aromatic heterocycles. The Morgan fingerprint density at radius 1 is 1.14 bits per heavy atom. The number of aromatic nitrogens is 3. The molecule has 0 amide bonds. The maximum absolute atomic E-state index is 15.0. The number of hydrogen-bond acceptors (Lipinski definition) is 7. The molecule has 1 saturated heterocycles. The molecule has 0 aromatic carbocycles. The zero-order valence-corrected chi connectivity index (χ0v) is 33.4. The second-order valence-corrected chi connectivity index (χ2v) is 19.5. The van der Waals surface area contributed by atoms with Crippen molar-refractivity contribution in [3.63, 3.8) is 0 Å². The lowest BCUT2D eigenvalue weighted by molar-refractivity contribution is -0.253. The number of ether oxygens (including phenoxy) is 2. The smallest absolute Gasteiger partial charge is 0.308 e. The number of rotatable bonds is 9. The van der Waals surface area contributed by atoms with Gasteiger partial charge in [-0.2, -0.15) is 5.10 Å². The molecule has 4 aliphatic carbocycles. The second kappa shape index (κ2) is 12.4. The number of allylic oxidation sites excluding steroid dienone is 1.